The second kappa shape index (κ2) is 8.73. The van der Waals surface area contributed by atoms with E-state index in [1.54, 1.807) is 4.90 Å². The van der Waals surface area contributed by atoms with Crippen molar-refractivity contribution in [2.75, 3.05) is 13.1 Å². The zero-order valence-corrected chi connectivity index (χ0v) is 17.8. The van der Waals surface area contributed by atoms with E-state index in [0.717, 1.165) is 30.7 Å². The van der Waals surface area contributed by atoms with Crippen molar-refractivity contribution in [3.8, 4) is 17.1 Å². The Morgan fingerprint density at radius 1 is 1.03 bits per heavy atom. The Labute approximate surface area is 192 Å². The number of piperidine rings is 1. The molecule has 1 amide bonds. The van der Waals surface area contributed by atoms with E-state index in [0.29, 0.717) is 24.5 Å². The minimum atomic E-state index is -4.41. The molecule has 1 aliphatic heterocycles. The number of carbonyl (C=O) groups is 1. The molecule has 3 heterocycles. The van der Waals surface area contributed by atoms with E-state index in [-0.39, 0.29) is 23.4 Å². The van der Waals surface area contributed by atoms with Gasteiger partial charge in [0.05, 0.1) is 23.4 Å². The molecule has 0 N–H and O–H groups in total. The molecule has 174 valence electrons. The van der Waals surface area contributed by atoms with Crippen molar-refractivity contribution in [1.29, 1.82) is 0 Å². The summed E-state index contributed by atoms with van der Waals surface area (Å²) in [5.41, 5.74) is 0.634. The number of hydrogen-bond acceptors (Lipinski definition) is 6. The fourth-order valence-electron chi connectivity index (χ4n) is 3.89. The molecule has 2 aromatic carbocycles. The van der Waals surface area contributed by atoms with Crippen molar-refractivity contribution >= 4 is 5.91 Å². The lowest BCUT2D eigenvalue weighted by Crippen LogP contribution is -2.39. The van der Waals surface area contributed by atoms with Crippen LogP contribution in [0.5, 0.6) is 0 Å². The Morgan fingerprint density at radius 2 is 1.79 bits per heavy atom. The van der Waals surface area contributed by atoms with Crippen LogP contribution in [0.3, 0.4) is 0 Å². The smallest absolute Gasteiger partial charge is 0.416 e. The third-order valence-corrected chi connectivity index (χ3v) is 5.66. The van der Waals surface area contributed by atoms with E-state index in [1.165, 1.54) is 23.1 Å². The maximum Gasteiger partial charge on any atom is 0.416 e. The highest BCUT2D eigenvalue weighted by molar-refractivity contribution is 5.92. The van der Waals surface area contributed by atoms with Crippen molar-refractivity contribution in [3.05, 3.63) is 77.9 Å². The molecular formula is C23H19F3N6O2. The summed E-state index contributed by atoms with van der Waals surface area (Å²) in [4.78, 5) is 16.1. The van der Waals surface area contributed by atoms with Gasteiger partial charge in [-0.15, -0.1) is 15.3 Å². The summed E-state index contributed by atoms with van der Waals surface area (Å²) in [5.74, 6) is 0.0604. The molecule has 0 radical (unpaired) electrons. The number of amides is 1. The van der Waals surface area contributed by atoms with E-state index >= 15 is 0 Å². The van der Waals surface area contributed by atoms with E-state index < -0.39 is 11.7 Å². The summed E-state index contributed by atoms with van der Waals surface area (Å²) in [6.45, 7) is 0.930. The second-order valence-corrected chi connectivity index (χ2v) is 7.97. The van der Waals surface area contributed by atoms with Crippen molar-refractivity contribution in [2.45, 2.75) is 24.9 Å². The highest BCUT2D eigenvalue weighted by Gasteiger charge is 2.32. The number of benzene rings is 2. The lowest BCUT2D eigenvalue weighted by Gasteiger charge is -2.30. The molecule has 1 aliphatic rings. The van der Waals surface area contributed by atoms with Crippen LogP contribution in [0.2, 0.25) is 0 Å². The molecule has 0 bridgehead atoms. The van der Waals surface area contributed by atoms with Gasteiger partial charge in [-0.3, -0.25) is 4.79 Å². The van der Waals surface area contributed by atoms with Gasteiger partial charge in [-0.2, -0.15) is 23.1 Å². The first-order valence-corrected chi connectivity index (χ1v) is 10.7. The van der Waals surface area contributed by atoms with Gasteiger partial charge in [-0.25, -0.2) is 0 Å². The Bertz CT molecular complexity index is 1280. The fraction of sp³-hybridized carbons (Fsp3) is 0.261. The summed E-state index contributed by atoms with van der Waals surface area (Å²) in [5, 5.41) is 16.6. The van der Waals surface area contributed by atoms with Crippen LogP contribution in [-0.2, 0) is 6.18 Å². The number of alkyl halides is 3. The third-order valence-electron chi connectivity index (χ3n) is 5.66. The van der Waals surface area contributed by atoms with Crippen LogP contribution < -0.4 is 0 Å². The molecule has 0 aliphatic carbocycles. The largest absolute Gasteiger partial charge is 0.420 e. The van der Waals surface area contributed by atoms with Gasteiger partial charge >= 0.3 is 6.18 Å². The summed E-state index contributed by atoms with van der Waals surface area (Å²) in [6.07, 6.45) is -1.49. The van der Waals surface area contributed by atoms with E-state index in [4.69, 9.17) is 4.42 Å². The van der Waals surface area contributed by atoms with Gasteiger partial charge < -0.3 is 9.32 Å². The van der Waals surface area contributed by atoms with Crippen LogP contribution in [0.15, 0.2) is 65.2 Å². The van der Waals surface area contributed by atoms with Crippen LogP contribution in [-0.4, -0.2) is 49.1 Å². The molecule has 0 spiro atoms. The summed E-state index contributed by atoms with van der Waals surface area (Å²) < 4.78 is 44.1. The lowest BCUT2D eigenvalue weighted by atomic mass is 9.98. The normalized spacial score (nSPS) is 16.6. The Balaban J connectivity index is 1.28. The molecule has 5 rings (SSSR count). The minimum absolute atomic E-state index is 0.137. The highest BCUT2D eigenvalue weighted by Crippen LogP contribution is 2.32. The number of rotatable bonds is 4. The van der Waals surface area contributed by atoms with Gasteiger partial charge in [0.15, 0.2) is 5.69 Å². The minimum Gasteiger partial charge on any atom is -0.420 e. The van der Waals surface area contributed by atoms with Crippen LogP contribution in [0.1, 0.15) is 40.7 Å². The number of carbonyl (C=O) groups excluding carboxylic acids is 1. The molecule has 34 heavy (non-hydrogen) atoms. The second-order valence-electron chi connectivity index (χ2n) is 7.97. The van der Waals surface area contributed by atoms with Crippen LogP contribution >= 0.6 is 0 Å². The van der Waals surface area contributed by atoms with Crippen molar-refractivity contribution in [3.63, 3.8) is 0 Å². The van der Waals surface area contributed by atoms with Crippen molar-refractivity contribution in [2.24, 2.45) is 0 Å². The molecule has 1 unspecified atom stereocenters. The molecule has 1 saturated heterocycles. The number of para-hydroxylation sites is 1. The topological polar surface area (TPSA) is 89.9 Å². The fourth-order valence-corrected chi connectivity index (χ4v) is 3.89. The van der Waals surface area contributed by atoms with Gasteiger partial charge in [0.2, 0.25) is 11.8 Å². The first kappa shape index (κ1) is 21.8. The zero-order valence-electron chi connectivity index (χ0n) is 17.8. The van der Waals surface area contributed by atoms with Gasteiger partial charge in [-0.05, 0) is 49.2 Å². The van der Waals surface area contributed by atoms with Crippen LogP contribution in [0.25, 0.3) is 17.1 Å². The molecule has 1 atom stereocenters. The monoisotopic (exact) mass is 468 g/mol. The van der Waals surface area contributed by atoms with E-state index in [1.807, 2.05) is 30.3 Å². The van der Waals surface area contributed by atoms with Crippen molar-refractivity contribution < 1.29 is 22.4 Å². The maximum atomic E-state index is 13.0. The predicted molar refractivity (Wildman–Crippen MR) is 114 cm³/mol. The molecule has 1 fully saturated rings. The predicted octanol–water partition coefficient (Wildman–Crippen LogP) is 4.36. The Hall–Kier alpha value is -4.02. The van der Waals surface area contributed by atoms with Crippen molar-refractivity contribution in [1.82, 2.24) is 30.1 Å². The molecular weight excluding hydrogens is 449 g/mol. The lowest BCUT2D eigenvalue weighted by molar-refractivity contribution is -0.137. The van der Waals surface area contributed by atoms with Gasteiger partial charge in [-0.1, -0.05) is 18.2 Å². The third kappa shape index (κ3) is 4.41. The molecule has 4 aromatic rings. The number of aromatic nitrogens is 5. The van der Waals surface area contributed by atoms with E-state index in [2.05, 4.69) is 20.4 Å². The molecule has 0 saturated carbocycles. The molecule has 2 aromatic heterocycles. The maximum absolute atomic E-state index is 13.0. The molecule has 11 heteroatoms. The quantitative estimate of drug-likeness (QED) is 0.442. The SMILES string of the molecule is O=C(c1cnn(-c2ccccc2)n1)N1CCCC(c2nnc(-c3ccc(C(F)(F)F)cc3)o2)C1. The number of likely N-dealkylation sites (tertiary alicyclic amines) is 1. The standard InChI is InChI=1S/C23H19F3N6O2/c24-23(25,26)17-10-8-15(9-11-17)20-28-29-21(34-20)16-5-4-12-31(14-16)22(33)19-13-27-32(30-19)18-6-2-1-3-7-18/h1-3,6-11,13,16H,4-5,12,14H2. The molecule has 8 nitrogen and oxygen atoms in total. The summed E-state index contributed by atoms with van der Waals surface area (Å²) >= 11 is 0. The van der Waals surface area contributed by atoms with Crippen LogP contribution in [0, 0.1) is 0 Å². The first-order valence-electron chi connectivity index (χ1n) is 10.7. The average molecular weight is 468 g/mol. The summed E-state index contributed by atoms with van der Waals surface area (Å²) in [6, 6.07) is 13.8. The van der Waals surface area contributed by atoms with E-state index in [9.17, 15) is 18.0 Å². The first-order chi connectivity index (χ1) is 16.4. The van der Waals surface area contributed by atoms with Gasteiger partial charge in [0.25, 0.3) is 5.91 Å². The Morgan fingerprint density at radius 3 is 2.53 bits per heavy atom. The zero-order chi connectivity index (χ0) is 23.7. The average Bonchev–Trinajstić information content (AvgIpc) is 3.54. The number of hydrogen-bond donors (Lipinski definition) is 0. The van der Waals surface area contributed by atoms with Gasteiger partial charge in [0.1, 0.15) is 0 Å². The Kier molecular flexibility index (Phi) is 5.60. The van der Waals surface area contributed by atoms with Gasteiger partial charge in [0, 0.05) is 18.7 Å². The summed E-state index contributed by atoms with van der Waals surface area (Å²) in [7, 11) is 0. The number of halogens is 3. The highest BCUT2D eigenvalue weighted by atomic mass is 19.4. The van der Waals surface area contributed by atoms with Crippen LogP contribution in [0.4, 0.5) is 13.2 Å². The number of nitrogens with zero attached hydrogens (tertiary/aromatic N) is 6.